The van der Waals surface area contributed by atoms with E-state index in [9.17, 15) is 0 Å². The van der Waals surface area contributed by atoms with Crippen molar-refractivity contribution in [2.75, 3.05) is 17.2 Å². The van der Waals surface area contributed by atoms with Gasteiger partial charge >= 0.3 is 0 Å². The van der Waals surface area contributed by atoms with Crippen molar-refractivity contribution in [3.63, 3.8) is 0 Å². The molecule has 1 saturated heterocycles. The van der Waals surface area contributed by atoms with Crippen molar-refractivity contribution in [1.29, 1.82) is 5.26 Å². The molecule has 0 aromatic heterocycles. The van der Waals surface area contributed by atoms with E-state index in [1.165, 1.54) is 19.3 Å². The minimum atomic E-state index is 0.545. The van der Waals surface area contributed by atoms with E-state index in [2.05, 4.69) is 17.9 Å². The smallest absolute Gasteiger partial charge is 0.0992 e. The van der Waals surface area contributed by atoms with Crippen LogP contribution in [0.3, 0.4) is 0 Å². The van der Waals surface area contributed by atoms with Gasteiger partial charge in [-0.2, -0.15) is 5.26 Å². The van der Waals surface area contributed by atoms with Crippen LogP contribution in [0.4, 0.5) is 11.4 Å². The summed E-state index contributed by atoms with van der Waals surface area (Å²) in [5.74, 6) is 0. The molecule has 16 heavy (non-hydrogen) atoms. The molecule has 2 N–H and O–H groups in total. The molecule has 84 valence electrons. The highest BCUT2D eigenvalue weighted by molar-refractivity contribution is 5.70. The van der Waals surface area contributed by atoms with E-state index in [-0.39, 0.29) is 0 Å². The van der Waals surface area contributed by atoms with Gasteiger partial charge < -0.3 is 10.6 Å². The van der Waals surface area contributed by atoms with Crippen molar-refractivity contribution in [3.05, 3.63) is 23.8 Å². The molecule has 1 aromatic carbocycles. The van der Waals surface area contributed by atoms with Gasteiger partial charge in [-0.05, 0) is 44.4 Å². The summed E-state index contributed by atoms with van der Waals surface area (Å²) in [6, 6.07) is 8.22. The first-order valence-corrected chi connectivity index (χ1v) is 5.78. The van der Waals surface area contributed by atoms with E-state index in [4.69, 9.17) is 11.0 Å². The lowest BCUT2D eigenvalue weighted by Gasteiger charge is -2.36. The maximum Gasteiger partial charge on any atom is 0.0992 e. The third-order valence-electron chi connectivity index (χ3n) is 3.27. The molecule has 1 aromatic rings. The highest BCUT2D eigenvalue weighted by Gasteiger charge is 2.20. The summed E-state index contributed by atoms with van der Waals surface area (Å²) in [4.78, 5) is 2.35. The summed E-state index contributed by atoms with van der Waals surface area (Å²) in [7, 11) is 0. The lowest BCUT2D eigenvalue weighted by Crippen LogP contribution is -2.37. The van der Waals surface area contributed by atoms with Crippen LogP contribution in [0.25, 0.3) is 0 Å². The van der Waals surface area contributed by atoms with E-state index in [0.29, 0.717) is 17.3 Å². The van der Waals surface area contributed by atoms with Gasteiger partial charge in [0, 0.05) is 12.6 Å². The molecule has 0 aliphatic carbocycles. The SMILES string of the molecule is C[C@@H]1CCCCN1c1ccc(C#N)cc1N. The largest absolute Gasteiger partial charge is 0.397 e. The van der Waals surface area contributed by atoms with Crippen molar-refractivity contribution >= 4 is 11.4 Å². The molecule has 0 radical (unpaired) electrons. The van der Waals surface area contributed by atoms with Crippen molar-refractivity contribution in [2.45, 2.75) is 32.2 Å². The Morgan fingerprint density at radius 1 is 1.44 bits per heavy atom. The minimum Gasteiger partial charge on any atom is -0.397 e. The highest BCUT2D eigenvalue weighted by atomic mass is 15.2. The summed E-state index contributed by atoms with van der Waals surface area (Å²) in [5.41, 5.74) is 8.42. The van der Waals surface area contributed by atoms with Crippen molar-refractivity contribution in [1.82, 2.24) is 0 Å². The van der Waals surface area contributed by atoms with Gasteiger partial charge in [-0.15, -0.1) is 0 Å². The Morgan fingerprint density at radius 3 is 2.88 bits per heavy atom. The minimum absolute atomic E-state index is 0.545. The standard InChI is InChI=1S/C13H17N3/c1-10-4-2-3-7-16(10)13-6-5-11(9-14)8-12(13)15/h5-6,8,10H,2-4,7,15H2,1H3/t10-/m1/s1. The van der Waals surface area contributed by atoms with Gasteiger partial charge in [0.05, 0.1) is 23.0 Å². The molecule has 1 atom stereocenters. The zero-order valence-electron chi connectivity index (χ0n) is 9.61. The number of rotatable bonds is 1. The summed E-state index contributed by atoms with van der Waals surface area (Å²) in [6.07, 6.45) is 3.75. The third-order valence-corrected chi connectivity index (χ3v) is 3.27. The van der Waals surface area contributed by atoms with Crippen LogP contribution in [0.1, 0.15) is 31.7 Å². The van der Waals surface area contributed by atoms with Crippen LogP contribution in [0, 0.1) is 11.3 Å². The van der Waals surface area contributed by atoms with Crippen LogP contribution >= 0.6 is 0 Å². The highest BCUT2D eigenvalue weighted by Crippen LogP contribution is 2.29. The van der Waals surface area contributed by atoms with Gasteiger partial charge in [0.15, 0.2) is 0 Å². The van der Waals surface area contributed by atoms with E-state index in [1.54, 1.807) is 6.07 Å². The summed E-state index contributed by atoms with van der Waals surface area (Å²) >= 11 is 0. The molecule has 3 nitrogen and oxygen atoms in total. The van der Waals surface area contributed by atoms with E-state index < -0.39 is 0 Å². The fraction of sp³-hybridized carbons (Fsp3) is 0.462. The predicted octanol–water partition coefficient (Wildman–Crippen LogP) is 2.52. The molecule has 1 aliphatic rings. The maximum absolute atomic E-state index is 8.80. The zero-order valence-corrected chi connectivity index (χ0v) is 9.61. The lowest BCUT2D eigenvalue weighted by molar-refractivity contribution is 0.485. The fourth-order valence-corrected chi connectivity index (χ4v) is 2.34. The number of nitrogens with two attached hydrogens (primary N) is 1. The summed E-state index contributed by atoms with van der Waals surface area (Å²) < 4.78 is 0. The molecule has 0 bridgehead atoms. The van der Waals surface area contributed by atoms with Gasteiger partial charge in [0.25, 0.3) is 0 Å². The van der Waals surface area contributed by atoms with Crippen molar-refractivity contribution in [3.8, 4) is 6.07 Å². The first-order valence-electron chi connectivity index (χ1n) is 5.78. The third kappa shape index (κ3) is 1.96. The second-order valence-corrected chi connectivity index (χ2v) is 4.42. The van der Waals surface area contributed by atoms with Crippen LogP contribution in [-0.2, 0) is 0 Å². The molecule has 1 aliphatic heterocycles. The lowest BCUT2D eigenvalue weighted by atomic mass is 10.0. The van der Waals surface area contributed by atoms with Gasteiger partial charge in [0.2, 0.25) is 0 Å². The second kappa shape index (κ2) is 4.44. The number of piperidine rings is 1. The van der Waals surface area contributed by atoms with Crippen molar-refractivity contribution in [2.24, 2.45) is 0 Å². The van der Waals surface area contributed by atoms with E-state index in [0.717, 1.165) is 12.2 Å². The van der Waals surface area contributed by atoms with Crippen LogP contribution in [-0.4, -0.2) is 12.6 Å². The van der Waals surface area contributed by atoms with Crippen LogP contribution in [0.2, 0.25) is 0 Å². The normalized spacial score (nSPS) is 20.5. The summed E-state index contributed by atoms with van der Waals surface area (Å²) in [5, 5.41) is 8.80. The number of nitrogens with zero attached hydrogens (tertiary/aromatic N) is 2. The molecule has 0 spiro atoms. The molecule has 3 heteroatoms. The Morgan fingerprint density at radius 2 is 2.25 bits per heavy atom. The number of hydrogen-bond acceptors (Lipinski definition) is 3. The average Bonchev–Trinajstić information content (AvgIpc) is 2.30. The number of benzene rings is 1. The molecule has 0 unspecified atom stereocenters. The second-order valence-electron chi connectivity index (χ2n) is 4.42. The Bertz CT molecular complexity index is 420. The fourth-order valence-electron chi connectivity index (χ4n) is 2.34. The topological polar surface area (TPSA) is 53.0 Å². The van der Waals surface area contributed by atoms with Gasteiger partial charge in [0.1, 0.15) is 0 Å². The van der Waals surface area contributed by atoms with Crippen molar-refractivity contribution < 1.29 is 0 Å². The number of nitriles is 1. The number of anilines is 2. The number of hydrogen-bond donors (Lipinski definition) is 1. The molecule has 0 amide bonds. The van der Waals surface area contributed by atoms with Crippen LogP contribution in [0.15, 0.2) is 18.2 Å². The van der Waals surface area contributed by atoms with Crippen LogP contribution in [0.5, 0.6) is 0 Å². The van der Waals surface area contributed by atoms with Gasteiger partial charge in [-0.1, -0.05) is 0 Å². The monoisotopic (exact) mass is 215 g/mol. The molecule has 0 saturated carbocycles. The van der Waals surface area contributed by atoms with Gasteiger partial charge in [-0.25, -0.2) is 0 Å². The Hall–Kier alpha value is -1.69. The quantitative estimate of drug-likeness (QED) is 0.732. The predicted molar refractivity (Wildman–Crippen MR) is 66.2 cm³/mol. The molecule has 1 fully saturated rings. The zero-order chi connectivity index (χ0) is 11.5. The molecular formula is C13H17N3. The molecular weight excluding hydrogens is 198 g/mol. The summed E-state index contributed by atoms with van der Waals surface area (Å²) in [6.45, 7) is 3.30. The van der Waals surface area contributed by atoms with E-state index >= 15 is 0 Å². The first-order chi connectivity index (χ1) is 7.72. The molecule has 2 rings (SSSR count). The molecule has 1 heterocycles. The van der Waals surface area contributed by atoms with Crippen LogP contribution < -0.4 is 10.6 Å². The average molecular weight is 215 g/mol. The maximum atomic E-state index is 8.80. The number of nitrogen functional groups attached to an aromatic ring is 1. The first kappa shape index (κ1) is 10.8. The Kier molecular flexibility index (Phi) is 3.00. The Labute approximate surface area is 96.5 Å². The van der Waals surface area contributed by atoms with E-state index in [1.807, 2.05) is 12.1 Å². The Balaban J connectivity index is 2.29. The van der Waals surface area contributed by atoms with Gasteiger partial charge in [-0.3, -0.25) is 0 Å².